The summed E-state index contributed by atoms with van der Waals surface area (Å²) in [4.78, 5) is 13.2. The average Bonchev–Trinajstić information content (AvgIpc) is 3.09. The van der Waals surface area contributed by atoms with Gasteiger partial charge in [0.2, 0.25) is 0 Å². The second-order valence-corrected chi connectivity index (χ2v) is 5.20. The molecule has 0 bridgehead atoms. The maximum atomic E-state index is 4.44. The fraction of sp³-hybridized carbons (Fsp3) is 0.231. The Labute approximate surface area is 109 Å². The molecule has 1 N–H and O–H groups in total. The van der Waals surface area contributed by atoms with Crippen LogP contribution in [0.25, 0.3) is 11.5 Å². The third kappa shape index (κ3) is 1.76. The summed E-state index contributed by atoms with van der Waals surface area (Å²) in [7, 11) is 0. The van der Waals surface area contributed by atoms with Crippen LogP contribution < -0.4 is 0 Å². The quantitative estimate of drug-likeness (QED) is 0.784. The molecule has 0 radical (unpaired) electrons. The molecule has 3 aromatic heterocycles. The van der Waals surface area contributed by atoms with Gasteiger partial charge >= 0.3 is 0 Å². The lowest BCUT2D eigenvalue weighted by molar-refractivity contribution is 0.655. The van der Waals surface area contributed by atoms with Gasteiger partial charge < -0.3 is 9.55 Å². The van der Waals surface area contributed by atoms with Gasteiger partial charge in [0, 0.05) is 23.0 Å². The van der Waals surface area contributed by atoms with Crippen molar-refractivity contribution < 1.29 is 0 Å². The molecule has 0 fully saturated rings. The molecule has 18 heavy (non-hydrogen) atoms. The zero-order valence-electron chi connectivity index (χ0n) is 10.3. The van der Waals surface area contributed by atoms with E-state index in [-0.39, 0.29) is 6.04 Å². The van der Waals surface area contributed by atoms with E-state index in [9.17, 15) is 0 Å². The van der Waals surface area contributed by atoms with E-state index in [0.29, 0.717) is 0 Å². The Morgan fingerprint density at radius 3 is 2.94 bits per heavy atom. The number of imidazole rings is 2. The van der Waals surface area contributed by atoms with Gasteiger partial charge in [0.25, 0.3) is 0 Å². The van der Waals surface area contributed by atoms with Gasteiger partial charge in [-0.3, -0.25) is 0 Å². The third-order valence-corrected chi connectivity index (χ3v) is 4.13. The Bertz CT molecular complexity index is 636. The smallest absolute Gasteiger partial charge is 0.161 e. The van der Waals surface area contributed by atoms with E-state index in [1.54, 1.807) is 17.7 Å². The molecule has 1 atom stereocenters. The lowest BCUT2D eigenvalue weighted by Gasteiger charge is -2.14. The van der Waals surface area contributed by atoms with Crippen molar-refractivity contribution in [3.05, 3.63) is 46.8 Å². The summed E-state index contributed by atoms with van der Waals surface area (Å²) >= 11 is 1.76. The zero-order valence-corrected chi connectivity index (χ0v) is 11.1. The van der Waals surface area contributed by atoms with Crippen LogP contribution in [0.5, 0.6) is 0 Å². The average molecular weight is 258 g/mol. The number of aromatic nitrogens is 4. The Balaban J connectivity index is 2.05. The van der Waals surface area contributed by atoms with Crippen LogP contribution in [0.1, 0.15) is 23.5 Å². The van der Waals surface area contributed by atoms with E-state index in [1.807, 2.05) is 19.3 Å². The molecule has 0 saturated carbocycles. The number of thiophene rings is 1. The molecule has 4 nitrogen and oxygen atoms in total. The molecule has 0 aromatic carbocycles. The molecule has 3 aromatic rings. The highest BCUT2D eigenvalue weighted by Crippen LogP contribution is 2.27. The van der Waals surface area contributed by atoms with Crippen molar-refractivity contribution in [2.45, 2.75) is 19.9 Å². The van der Waals surface area contributed by atoms with E-state index in [2.05, 4.69) is 44.0 Å². The Kier molecular flexibility index (Phi) is 2.76. The molecule has 0 saturated heterocycles. The molecular formula is C13H14N4S. The molecule has 0 aliphatic carbocycles. The van der Waals surface area contributed by atoms with Crippen LogP contribution >= 0.6 is 11.3 Å². The summed E-state index contributed by atoms with van der Waals surface area (Å²) in [6.07, 6.45) is 5.54. The highest BCUT2D eigenvalue weighted by molar-refractivity contribution is 7.10. The van der Waals surface area contributed by atoms with Gasteiger partial charge in [0.05, 0.1) is 12.4 Å². The van der Waals surface area contributed by atoms with Crippen LogP contribution in [0.3, 0.4) is 0 Å². The topological polar surface area (TPSA) is 46.5 Å². The van der Waals surface area contributed by atoms with Gasteiger partial charge in [-0.2, -0.15) is 0 Å². The first-order chi connectivity index (χ1) is 8.77. The molecule has 0 aliphatic heterocycles. The predicted molar refractivity (Wildman–Crippen MR) is 72.7 cm³/mol. The molecule has 5 heteroatoms. The van der Waals surface area contributed by atoms with Gasteiger partial charge in [-0.05, 0) is 25.3 Å². The minimum atomic E-state index is 0.276. The van der Waals surface area contributed by atoms with E-state index in [0.717, 1.165) is 17.2 Å². The number of nitrogens with zero attached hydrogens (tertiary/aromatic N) is 3. The highest BCUT2D eigenvalue weighted by Gasteiger charge is 2.16. The second-order valence-electron chi connectivity index (χ2n) is 4.23. The summed E-state index contributed by atoms with van der Waals surface area (Å²) in [5.41, 5.74) is 1.96. The third-order valence-electron chi connectivity index (χ3n) is 3.08. The summed E-state index contributed by atoms with van der Waals surface area (Å²) in [5, 5.41) is 2.10. The first kappa shape index (κ1) is 11.2. The number of hydrogen-bond acceptors (Lipinski definition) is 3. The van der Waals surface area contributed by atoms with Gasteiger partial charge in [-0.1, -0.05) is 6.07 Å². The Hall–Kier alpha value is -1.88. The zero-order chi connectivity index (χ0) is 12.5. The van der Waals surface area contributed by atoms with Crippen LogP contribution in [-0.4, -0.2) is 19.5 Å². The van der Waals surface area contributed by atoms with Crippen molar-refractivity contribution >= 4 is 11.3 Å². The Morgan fingerprint density at radius 1 is 1.39 bits per heavy atom. The van der Waals surface area contributed by atoms with Crippen molar-refractivity contribution in [2.75, 3.05) is 0 Å². The summed E-state index contributed by atoms with van der Waals surface area (Å²) in [6.45, 7) is 4.19. The first-order valence-corrected chi connectivity index (χ1v) is 6.72. The number of H-pyrrole nitrogens is 1. The lowest BCUT2D eigenvalue weighted by Crippen LogP contribution is -2.06. The molecule has 0 unspecified atom stereocenters. The minimum Gasteiger partial charge on any atom is -0.348 e. The van der Waals surface area contributed by atoms with E-state index >= 15 is 0 Å². The van der Waals surface area contributed by atoms with Gasteiger partial charge in [-0.25, -0.2) is 9.97 Å². The molecule has 3 rings (SSSR count). The fourth-order valence-electron chi connectivity index (χ4n) is 2.06. The van der Waals surface area contributed by atoms with Crippen molar-refractivity contribution in [3.63, 3.8) is 0 Å². The van der Waals surface area contributed by atoms with Crippen molar-refractivity contribution in [3.8, 4) is 11.5 Å². The summed E-state index contributed by atoms with van der Waals surface area (Å²) < 4.78 is 2.16. The molecule has 92 valence electrons. The monoisotopic (exact) mass is 258 g/mol. The normalized spacial score (nSPS) is 12.8. The minimum absolute atomic E-state index is 0.276. The van der Waals surface area contributed by atoms with Crippen LogP contribution in [0.15, 0.2) is 36.2 Å². The van der Waals surface area contributed by atoms with Crippen molar-refractivity contribution in [2.24, 2.45) is 0 Å². The first-order valence-electron chi connectivity index (χ1n) is 5.84. The molecule has 0 amide bonds. The highest BCUT2D eigenvalue weighted by atomic mass is 32.1. The van der Waals surface area contributed by atoms with Crippen LogP contribution in [0.2, 0.25) is 0 Å². The molecular weight excluding hydrogens is 244 g/mol. The maximum absolute atomic E-state index is 4.44. The van der Waals surface area contributed by atoms with E-state index < -0.39 is 0 Å². The number of nitrogens with one attached hydrogen (secondary N) is 1. The number of hydrogen-bond donors (Lipinski definition) is 1. The number of aryl methyl sites for hydroxylation is 1. The second kappa shape index (κ2) is 4.42. The fourth-order valence-corrected chi connectivity index (χ4v) is 2.84. The molecule has 3 heterocycles. The molecule has 0 spiro atoms. The SMILES string of the molecule is Cc1[nH]cnc1-c1nccn1[C@@H](C)c1cccs1. The maximum Gasteiger partial charge on any atom is 0.161 e. The van der Waals surface area contributed by atoms with Crippen LogP contribution in [-0.2, 0) is 0 Å². The summed E-state index contributed by atoms with van der Waals surface area (Å²) in [5.74, 6) is 0.912. The molecule has 0 aliphatic rings. The van der Waals surface area contributed by atoms with Crippen LogP contribution in [0.4, 0.5) is 0 Å². The predicted octanol–water partition coefficient (Wildman–Crippen LogP) is 3.25. The lowest BCUT2D eigenvalue weighted by atomic mass is 10.2. The van der Waals surface area contributed by atoms with Crippen molar-refractivity contribution in [1.82, 2.24) is 19.5 Å². The van der Waals surface area contributed by atoms with Gasteiger partial charge in [0.1, 0.15) is 5.69 Å². The largest absolute Gasteiger partial charge is 0.348 e. The van der Waals surface area contributed by atoms with E-state index in [1.165, 1.54) is 4.88 Å². The van der Waals surface area contributed by atoms with E-state index in [4.69, 9.17) is 0 Å². The van der Waals surface area contributed by atoms with Gasteiger partial charge in [-0.15, -0.1) is 11.3 Å². The number of aromatic amines is 1. The van der Waals surface area contributed by atoms with Crippen molar-refractivity contribution in [1.29, 1.82) is 0 Å². The van der Waals surface area contributed by atoms with Gasteiger partial charge in [0.15, 0.2) is 5.82 Å². The Morgan fingerprint density at radius 2 is 2.28 bits per heavy atom. The summed E-state index contributed by atoms with van der Waals surface area (Å²) in [6, 6.07) is 4.50. The van der Waals surface area contributed by atoms with Crippen LogP contribution in [0, 0.1) is 6.92 Å². The standard InChI is InChI=1S/C13H14N4S/c1-9-12(16-8-15-9)13-14-5-6-17(13)10(2)11-4-3-7-18-11/h3-8,10H,1-2H3,(H,15,16)/t10-/m0/s1. The number of rotatable bonds is 3.